The van der Waals surface area contributed by atoms with Crippen molar-refractivity contribution in [1.82, 2.24) is 0 Å². The van der Waals surface area contributed by atoms with Gasteiger partial charge in [0.15, 0.2) is 5.78 Å². The molecule has 0 radical (unpaired) electrons. The lowest BCUT2D eigenvalue weighted by molar-refractivity contribution is 0.0990. The third kappa shape index (κ3) is 2.83. The number of rotatable bonds is 3. The summed E-state index contributed by atoms with van der Waals surface area (Å²) in [6.45, 7) is 0. The van der Waals surface area contributed by atoms with Crippen molar-refractivity contribution in [1.29, 1.82) is 5.26 Å². The molecule has 1 aromatic carbocycles. The van der Waals surface area contributed by atoms with Crippen LogP contribution in [0.3, 0.4) is 0 Å². The molecule has 2 nitrogen and oxygen atoms in total. The molecule has 0 heterocycles. The van der Waals surface area contributed by atoms with Crippen molar-refractivity contribution < 1.29 is 4.79 Å². The van der Waals surface area contributed by atoms with Crippen LogP contribution in [-0.2, 0) is 0 Å². The van der Waals surface area contributed by atoms with E-state index < -0.39 is 0 Å². The lowest BCUT2D eigenvalue weighted by Gasteiger charge is -2.00. The van der Waals surface area contributed by atoms with Gasteiger partial charge in [-0.15, -0.1) is 0 Å². The lowest BCUT2D eigenvalue weighted by atomic mass is 10.1. The first-order valence-corrected chi connectivity index (χ1v) is 5.47. The highest BCUT2D eigenvalue weighted by molar-refractivity contribution is 9.09. The number of nitrogens with zero attached hydrogens (tertiary/aromatic N) is 1. The van der Waals surface area contributed by atoms with E-state index in [0.717, 1.165) is 0 Å². The summed E-state index contributed by atoms with van der Waals surface area (Å²) in [6.07, 6.45) is 0.408. The number of Topliss-reactive ketones (excluding diaryl/α,β-unsaturated/α-hetero) is 1. The van der Waals surface area contributed by atoms with Crippen LogP contribution >= 0.6 is 27.5 Å². The number of hydrogen-bond acceptors (Lipinski definition) is 2. The van der Waals surface area contributed by atoms with Crippen LogP contribution in [0.4, 0.5) is 0 Å². The van der Waals surface area contributed by atoms with Crippen molar-refractivity contribution in [2.75, 3.05) is 5.33 Å². The van der Waals surface area contributed by atoms with Crippen LogP contribution in [-0.4, -0.2) is 11.1 Å². The number of halogens is 2. The maximum absolute atomic E-state index is 11.5. The molecular formula is C10H7BrClNO. The van der Waals surface area contributed by atoms with Crippen LogP contribution in [0.1, 0.15) is 22.3 Å². The second kappa shape index (κ2) is 5.14. The first kappa shape index (κ1) is 11.2. The van der Waals surface area contributed by atoms with Gasteiger partial charge in [0.05, 0.1) is 11.6 Å². The largest absolute Gasteiger partial charge is 0.294 e. The summed E-state index contributed by atoms with van der Waals surface area (Å²) < 4.78 is 0. The predicted octanol–water partition coefficient (Wildman–Crippen LogP) is 3.18. The fraction of sp³-hybridized carbons (Fsp3) is 0.200. The summed E-state index contributed by atoms with van der Waals surface area (Å²) in [5.41, 5.74) is 0.906. The summed E-state index contributed by atoms with van der Waals surface area (Å²) in [7, 11) is 0. The highest BCUT2D eigenvalue weighted by Gasteiger charge is 2.07. The van der Waals surface area contributed by atoms with Gasteiger partial charge in [0, 0.05) is 22.3 Å². The molecule has 14 heavy (non-hydrogen) atoms. The second-order valence-corrected chi connectivity index (χ2v) is 3.93. The predicted molar refractivity (Wildman–Crippen MR) is 58.9 cm³/mol. The quantitative estimate of drug-likeness (QED) is 0.626. The van der Waals surface area contributed by atoms with Gasteiger partial charge in [-0.05, 0) is 18.2 Å². The molecule has 0 saturated heterocycles. The average molecular weight is 273 g/mol. The van der Waals surface area contributed by atoms with Gasteiger partial charge < -0.3 is 0 Å². The maximum atomic E-state index is 11.5. The summed E-state index contributed by atoms with van der Waals surface area (Å²) >= 11 is 8.94. The van der Waals surface area contributed by atoms with Crippen LogP contribution in [0, 0.1) is 11.3 Å². The Hall–Kier alpha value is -0.850. The zero-order valence-electron chi connectivity index (χ0n) is 7.26. The van der Waals surface area contributed by atoms with E-state index in [2.05, 4.69) is 15.9 Å². The molecule has 72 valence electrons. The van der Waals surface area contributed by atoms with E-state index in [1.807, 2.05) is 6.07 Å². The number of alkyl halides is 1. The Kier molecular flexibility index (Phi) is 4.12. The zero-order chi connectivity index (χ0) is 10.6. The molecule has 0 aromatic heterocycles. The molecule has 0 atom stereocenters. The Balaban J connectivity index is 3.04. The highest BCUT2D eigenvalue weighted by atomic mass is 79.9. The van der Waals surface area contributed by atoms with Gasteiger partial charge in [0.2, 0.25) is 0 Å². The normalized spacial score (nSPS) is 9.50. The van der Waals surface area contributed by atoms with E-state index in [-0.39, 0.29) is 5.78 Å². The SMILES string of the molecule is N#Cc1cc(Cl)cc(C(=O)CCBr)c1. The number of benzene rings is 1. The Morgan fingerprint density at radius 1 is 1.50 bits per heavy atom. The highest BCUT2D eigenvalue weighted by Crippen LogP contribution is 2.16. The molecule has 1 rings (SSSR count). The summed E-state index contributed by atoms with van der Waals surface area (Å²) in [5, 5.41) is 9.70. The lowest BCUT2D eigenvalue weighted by Crippen LogP contribution is -1.99. The van der Waals surface area contributed by atoms with Crippen molar-refractivity contribution in [3.63, 3.8) is 0 Å². The van der Waals surface area contributed by atoms with Gasteiger partial charge in [-0.25, -0.2) is 0 Å². The van der Waals surface area contributed by atoms with E-state index >= 15 is 0 Å². The topological polar surface area (TPSA) is 40.9 Å². The average Bonchev–Trinajstić information content (AvgIpc) is 2.17. The van der Waals surface area contributed by atoms with Crippen LogP contribution in [0.25, 0.3) is 0 Å². The molecule has 0 bridgehead atoms. The summed E-state index contributed by atoms with van der Waals surface area (Å²) in [4.78, 5) is 11.5. The van der Waals surface area contributed by atoms with Gasteiger partial charge in [0.1, 0.15) is 0 Å². The molecule has 0 N–H and O–H groups in total. The van der Waals surface area contributed by atoms with E-state index in [9.17, 15) is 4.79 Å². The fourth-order valence-corrected chi connectivity index (χ4v) is 1.64. The molecule has 0 amide bonds. The third-order valence-electron chi connectivity index (χ3n) is 1.67. The number of hydrogen-bond donors (Lipinski definition) is 0. The van der Waals surface area contributed by atoms with Gasteiger partial charge in [-0.3, -0.25) is 4.79 Å². The van der Waals surface area contributed by atoms with Crippen LogP contribution in [0.15, 0.2) is 18.2 Å². The fourth-order valence-electron chi connectivity index (χ4n) is 1.05. The smallest absolute Gasteiger partial charge is 0.163 e. The first-order valence-electron chi connectivity index (χ1n) is 3.97. The standard InChI is InChI=1S/C10H7BrClNO/c11-2-1-10(14)8-3-7(6-13)4-9(12)5-8/h3-5H,1-2H2. The summed E-state index contributed by atoms with van der Waals surface area (Å²) in [5.74, 6) is -0.0131. The Bertz CT molecular complexity index is 398. The van der Waals surface area contributed by atoms with E-state index in [0.29, 0.717) is 27.9 Å². The minimum atomic E-state index is -0.0131. The van der Waals surface area contributed by atoms with Crippen LogP contribution in [0.5, 0.6) is 0 Å². The molecule has 1 aromatic rings. The molecule has 0 unspecified atom stereocenters. The monoisotopic (exact) mass is 271 g/mol. The minimum absolute atomic E-state index is 0.0131. The number of ketones is 1. The van der Waals surface area contributed by atoms with Gasteiger partial charge >= 0.3 is 0 Å². The molecule has 0 aliphatic rings. The second-order valence-electron chi connectivity index (χ2n) is 2.70. The molecule has 0 aliphatic heterocycles. The first-order chi connectivity index (χ1) is 6.67. The van der Waals surface area contributed by atoms with Crippen LogP contribution in [0.2, 0.25) is 5.02 Å². The number of nitriles is 1. The molecule has 0 spiro atoms. The number of carbonyl (C=O) groups excluding carboxylic acids is 1. The van der Waals surface area contributed by atoms with Crippen molar-refractivity contribution in [3.05, 3.63) is 34.3 Å². The molecule has 0 fully saturated rings. The molecule has 0 saturated carbocycles. The minimum Gasteiger partial charge on any atom is -0.294 e. The van der Waals surface area contributed by atoms with Crippen molar-refractivity contribution in [2.24, 2.45) is 0 Å². The van der Waals surface area contributed by atoms with Crippen molar-refractivity contribution in [2.45, 2.75) is 6.42 Å². The van der Waals surface area contributed by atoms with E-state index in [1.165, 1.54) is 6.07 Å². The number of carbonyl (C=O) groups is 1. The van der Waals surface area contributed by atoms with E-state index in [1.54, 1.807) is 12.1 Å². The third-order valence-corrected chi connectivity index (χ3v) is 2.29. The van der Waals surface area contributed by atoms with Crippen molar-refractivity contribution >= 4 is 33.3 Å². The molecular weight excluding hydrogens is 265 g/mol. The van der Waals surface area contributed by atoms with Gasteiger partial charge in [0.25, 0.3) is 0 Å². The summed E-state index contributed by atoms with van der Waals surface area (Å²) in [6, 6.07) is 6.62. The van der Waals surface area contributed by atoms with Crippen LogP contribution < -0.4 is 0 Å². The van der Waals surface area contributed by atoms with Gasteiger partial charge in [-0.1, -0.05) is 27.5 Å². The zero-order valence-corrected chi connectivity index (χ0v) is 9.60. The van der Waals surface area contributed by atoms with Gasteiger partial charge in [-0.2, -0.15) is 5.26 Å². The Labute approximate surface area is 95.6 Å². The molecule has 0 aliphatic carbocycles. The van der Waals surface area contributed by atoms with E-state index in [4.69, 9.17) is 16.9 Å². The molecule has 4 heteroatoms. The van der Waals surface area contributed by atoms with Crippen molar-refractivity contribution in [3.8, 4) is 6.07 Å². The maximum Gasteiger partial charge on any atom is 0.163 e. The Morgan fingerprint density at radius 3 is 2.79 bits per heavy atom. The Morgan fingerprint density at radius 2 is 2.21 bits per heavy atom.